The van der Waals surface area contributed by atoms with E-state index in [2.05, 4.69) is 15.3 Å². The number of fused-ring (bicyclic) bond motifs is 1. The van der Waals surface area contributed by atoms with Gasteiger partial charge in [-0.1, -0.05) is 40.6 Å². The molecule has 1 saturated carbocycles. The predicted molar refractivity (Wildman–Crippen MR) is 104 cm³/mol. The van der Waals surface area contributed by atoms with Gasteiger partial charge in [0.1, 0.15) is 5.84 Å². The Balaban J connectivity index is 2.20. The summed E-state index contributed by atoms with van der Waals surface area (Å²) in [6.45, 7) is 6.67. The fraction of sp³-hybridized carbons (Fsp3) is 0.400. The average molecular weight is 392 g/mol. The number of carbonyl (C=O) groups is 1. The van der Waals surface area contributed by atoms with Crippen LogP contribution in [-0.2, 0) is 9.68 Å². The van der Waals surface area contributed by atoms with E-state index in [1.807, 2.05) is 12.1 Å². The van der Waals surface area contributed by atoms with Gasteiger partial charge in [0.15, 0.2) is 11.2 Å². The van der Waals surface area contributed by atoms with E-state index in [4.69, 9.17) is 15.4 Å². The Bertz CT molecular complexity index is 1000. The van der Waals surface area contributed by atoms with E-state index in [1.165, 1.54) is 0 Å². The number of hydrogen-bond donors (Lipinski definition) is 1. The third-order valence-electron chi connectivity index (χ3n) is 4.95. The zero-order chi connectivity index (χ0) is 21.4. The minimum absolute atomic E-state index is 0.219. The van der Waals surface area contributed by atoms with Crippen LogP contribution in [0.2, 0.25) is 0 Å². The lowest BCUT2D eigenvalue weighted by Crippen LogP contribution is -2.42. The summed E-state index contributed by atoms with van der Waals surface area (Å²) in [6.07, 6.45) is 0. The van der Waals surface area contributed by atoms with Crippen molar-refractivity contribution in [1.29, 1.82) is 10.5 Å². The van der Waals surface area contributed by atoms with Crippen molar-refractivity contribution >= 4 is 23.0 Å². The smallest absolute Gasteiger partial charge is 0.386 e. The number of aliphatic imine (C=N–C) groups is 1. The highest BCUT2D eigenvalue weighted by Gasteiger charge is 2.97. The number of oxime groups is 2. The van der Waals surface area contributed by atoms with E-state index < -0.39 is 28.4 Å². The van der Waals surface area contributed by atoms with Gasteiger partial charge < -0.3 is 15.4 Å². The third-order valence-corrected chi connectivity index (χ3v) is 4.95. The summed E-state index contributed by atoms with van der Waals surface area (Å²) in [7, 11) is 0. The molecule has 2 aliphatic rings. The van der Waals surface area contributed by atoms with Crippen molar-refractivity contribution in [3.63, 3.8) is 0 Å². The summed E-state index contributed by atoms with van der Waals surface area (Å²) in [5.41, 5.74) is 3.89. The highest BCUT2D eigenvalue weighted by atomic mass is 16.8. The molecule has 1 aromatic carbocycles. The van der Waals surface area contributed by atoms with Crippen molar-refractivity contribution in [2.45, 2.75) is 33.6 Å². The molecule has 0 aromatic heterocycles. The molecule has 9 heteroatoms. The molecule has 3 atom stereocenters. The second-order valence-electron chi connectivity index (χ2n) is 7.34. The number of rotatable bonds is 6. The second kappa shape index (κ2) is 6.71. The summed E-state index contributed by atoms with van der Waals surface area (Å²) in [5.74, 6) is -3.96. The van der Waals surface area contributed by atoms with Gasteiger partial charge in [-0.05, 0) is 27.7 Å². The molecule has 0 spiro atoms. The number of amidine groups is 1. The lowest BCUT2D eigenvalue weighted by atomic mass is 9.94. The second-order valence-corrected chi connectivity index (χ2v) is 7.34. The van der Waals surface area contributed by atoms with E-state index in [1.54, 1.807) is 58.0 Å². The van der Waals surface area contributed by atoms with Crippen LogP contribution in [-0.4, -0.2) is 29.0 Å². The molecule has 1 aliphatic heterocycles. The molecule has 2 N–H and O–H groups in total. The van der Waals surface area contributed by atoms with E-state index in [0.717, 1.165) is 0 Å². The number of nitrogens with zero attached hydrogens (tertiary/aromatic N) is 5. The van der Waals surface area contributed by atoms with Crippen molar-refractivity contribution in [1.82, 2.24) is 0 Å². The van der Waals surface area contributed by atoms with E-state index >= 15 is 0 Å². The number of Topliss-reactive ketones (excluding diaryl/α,β-unsaturated/α-hetero) is 1. The number of ketones is 1. The summed E-state index contributed by atoms with van der Waals surface area (Å²) in [4.78, 5) is 28.5. The van der Waals surface area contributed by atoms with E-state index in [-0.39, 0.29) is 5.84 Å². The first-order chi connectivity index (χ1) is 13.7. The number of nitrogens with two attached hydrogens (primary N) is 1. The van der Waals surface area contributed by atoms with Crippen molar-refractivity contribution in [3.05, 3.63) is 35.9 Å². The summed E-state index contributed by atoms with van der Waals surface area (Å²) in [5, 5.41) is 27.9. The normalized spacial score (nSPS) is 27.9. The molecule has 0 saturated heterocycles. The van der Waals surface area contributed by atoms with Crippen molar-refractivity contribution < 1.29 is 14.5 Å². The molecule has 1 aromatic rings. The van der Waals surface area contributed by atoms with E-state index in [9.17, 15) is 15.3 Å². The fourth-order valence-corrected chi connectivity index (χ4v) is 3.69. The van der Waals surface area contributed by atoms with Gasteiger partial charge >= 0.3 is 5.91 Å². The molecular formula is C20H20N6O3. The lowest BCUT2D eigenvalue weighted by molar-refractivity contribution is -0.262. The van der Waals surface area contributed by atoms with Gasteiger partial charge in [0, 0.05) is 5.56 Å². The predicted octanol–water partition coefficient (Wildman–Crippen LogP) is 2.37. The van der Waals surface area contributed by atoms with E-state index in [0.29, 0.717) is 17.0 Å². The first kappa shape index (κ1) is 20.0. The van der Waals surface area contributed by atoms with Gasteiger partial charge in [-0.2, -0.15) is 15.5 Å². The van der Waals surface area contributed by atoms with Crippen LogP contribution in [0.5, 0.6) is 0 Å². The minimum Gasteiger partial charge on any atom is -0.386 e. The maximum absolute atomic E-state index is 13.3. The SMILES string of the molecule is CC(C)=NOC1(ON=C(C)C)N=C(N)[C@@]2(C#N)[C@@H](C(=O)c3ccccc3)[C@]12C#N. The van der Waals surface area contributed by atoms with Gasteiger partial charge in [0.2, 0.25) is 5.41 Å². The topological polar surface area (TPSA) is 146 Å². The Morgan fingerprint density at radius 2 is 1.62 bits per heavy atom. The molecule has 1 aliphatic carbocycles. The Kier molecular flexibility index (Phi) is 4.63. The highest BCUT2D eigenvalue weighted by molar-refractivity contribution is 6.12. The maximum atomic E-state index is 13.3. The molecule has 9 nitrogen and oxygen atoms in total. The molecule has 1 fully saturated rings. The zero-order valence-corrected chi connectivity index (χ0v) is 16.5. The number of nitriles is 2. The van der Waals surface area contributed by atoms with Crippen molar-refractivity contribution in [3.8, 4) is 12.1 Å². The minimum atomic E-state index is -2.16. The number of benzene rings is 1. The molecule has 0 radical (unpaired) electrons. The molecule has 1 heterocycles. The van der Waals surface area contributed by atoms with Crippen LogP contribution in [0.4, 0.5) is 0 Å². The van der Waals surface area contributed by atoms with Crippen LogP contribution in [0, 0.1) is 39.4 Å². The first-order valence-corrected chi connectivity index (χ1v) is 8.88. The Morgan fingerprint density at radius 1 is 1.07 bits per heavy atom. The van der Waals surface area contributed by atoms with Crippen LogP contribution in [0.15, 0.2) is 45.6 Å². The molecule has 0 unspecified atom stereocenters. The molecule has 148 valence electrons. The average Bonchev–Trinajstić information content (AvgIpc) is 3.28. The monoisotopic (exact) mass is 392 g/mol. The Labute approximate surface area is 168 Å². The third kappa shape index (κ3) is 2.51. The van der Waals surface area contributed by atoms with Gasteiger partial charge in [0.25, 0.3) is 0 Å². The largest absolute Gasteiger partial charge is 0.421 e. The van der Waals surface area contributed by atoms with Gasteiger partial charge in [0.05, 0.1) is 29.5 Å². The van der Waals surface area contributed by atoms with Crippen LogP contribution in [0.25, 0.3) is 0 Å². The van der Waals surface area contributed by atoms with Gasteiger partial charge in [-0.15, -0.1) is 0 Å². The highest BCUT2D eigenvalue weighted by Crippen LogP contribution is 2.78. The van der Waals surface area contributed by atoms with Crippen molar-refractivity contribution in [2.75, 3.05) is 0 Å². The number of carbonyl (C=O) groups excluding carboxylic acids is 1. The molecule has 3 rings (SSSR count). The van der Waals surface area contributed by atoms with Crippen LogP contribution >= 0.6 is 0 Å². The summed E-state index contributed by atoms with van der Waals surface area (Å²) >= 11 is 0. The molecule has 29 heavy (non-hydrogen) atoms. The first-order valence-electron chi connectivity index (χ1n) is 8.88. The zero-order valence-electron chi connectivity index (χ0n) is 16.5. The number of hydrogen-bond acceptors (Lipinski definition) is 9. The maximum Gasteiger partial charge on any atom is 0.421 e. The standard InChI is InChI=1S/C20H20N6O3/c1-12(2)25-28-20(29-26-13(3)4)19(11-22)16(18(19,10-21)17(23)24-20)15(27)14-8-6-5-7-9-14/h5-9,16H,1-4H3,(H2,23,24)/t16-,18-,19+/m1/s1. The summed E-state index contributed by atoms with van der Waals surface area (Å²) in [6, 6.07) is 12.4. The van der Waals surface area contributed by atoms with Crippen LogP contribution < -0.4 is 5.73 Å². The Hall–Kier alpha value is -3.72. The molecular weight excluding hydrogens is 372 g/mol. The fourth-order valence-electron chi connectivity index (χ4n) is 3.69. The van der Waals surface area contributed by atoms with Crippen molar-refractivity contribution in [2.24, 2.45) is 37.8 Å². The lowest BCUT2D eigenvalue weighted by Gasteiger charge is -2.27. The van der Waals surface area contributed by atoms with Crippen LogP contribution in [0.3, 0.4) is 0 Å². The Morgan fingerprint density at radius 3 is 2.07 bits per heavy atom. The van der Waals surface area contributed by atoms with Crippen LogP contribution in [0.1, 0.15) is 38.1 Å². The summed E-state index contributed by atoms with van der Waals surface area (Å²) < 4.78 is 0. The molecule has 0 amide bonds. The quantitative estimate of drug-likeness (QED) is 0.340. The molecule has 0 bridgehead atoms. The van der Waals surface area contributed by atoms with Gasteiger partial charge in [-0.25, -0.2) is 0 Å². The van der Waals surface area contributed by atoms with Gasteiger partial charge in [-0.3, -0.25) is 4.79 Å².